The Bertz CT molecular complexity index is 1030. The molecule has 2 aromatic carbocycles. The summed E-state index contributed by atoms with van der Waals surface area (Å²) in [4.78, 5) is 14.7. The summed E-state index contributed by atoms with van der Waals surface area (Å²) < 4.78 is 33.2. The second-order valence-electron chi connectivity index (χ2n) is 7.69. The van der Waals surface area contributed by atoms with Crippen molar-refractivity contribution in [2.45, 2.75) is 44.0 Å². The molecule has 1 saturated carbocycles. The van der Waals surface area contributed by atoms with Gasteiger partial charge in [0.15, 0.2) is 0 Å². The van der Waals surface area contributed by atoms with Crippen LogP contribution in [0.15, 0.2) is 47.4 Å². The summed E-state index contributed by atoms with van der Waals surface area (Å²) in [5, 5.41) is 0. The molecule has 0 radical (unpaired) electrons. The predicted octanol–water partition coefficient (Wildman–Crippen LogP) is 3.60. The smallest absolute Gasteiger partial charge is 0.264 e. The predicted molar refractivity (Wildman–Crippen MR) is 113 cm³/mol. The number of fused-ring (bicyclic) bond motifs is 1. The van der Waals surface area contributed by atoms with Gasteiger partial charge in [0.1, 0.15) is 5.75 Å². The minimum Gasteiger partial charge on any atom is -0.497 e. The molecule has 0 saturated heterocycles. The lowest BCUT2D eigenvalue weighted by Gasteiger charge is -2.24. The molecule has 0 unspecified atom stereocenters. The SMILES string of the molecule is CCN(c1ccc(OC)cc1)S(=O)(=O)c1ccc2c(c1)C[C@@H](C)N2C(=O)C1CC1. The maximum atomic E-state index is 13.3. The second kappa shape index (κ2) is 7.37. The van der Waals surface area contributed by atoms with Gasteiger partial charge in [0, 0.05) is 24.2 Å². The lowest BCUT2D eigenvalue weighted by atomic mass is 10.1. The van der Waals surface area contributed by atoms with Gasteiger partial charge in [-0.15, -0.1) is 0 Å². The normalized spacial score (nSPS) is 18.4. The van der Waals surface area contributed by atoms with Crippen LogP contribution in [0.2, 0.25) is 0 Å². The quantitative estimate of drug-likeness (QED) is 0.724. The summed E-state index contributed by atoms with van der Waals surface area (Å²) in [6, 6.07) is 12.2. The van der Waals surface area contributed by atoms with E-state index in [0.717, 1.165) is 24.1 Å². The van der Waals surface area contributed by atoms with Gasteiger partial charge in [0.25, 0.3) is 10.0 Å². The van der Waals surface area contributed by atoms with E-state index in [1.165, 1.54) is 4.31 Å². The Labute approximate surface area is 172 Å². The molecule has 1 fully saturated rings. The Morgan fingerprint density at radius 3 is 2.45 bits per heavy atom. The Morgan fingerprint density at radius 1 is 1.17 bits per heavy atom. The first-order chi connectivity index (χ1) is 13.9. The van der Waals surface area contributed by atoms with Gasteiger partial charge < -0.3 is 9.64 Å². The zero-order chi connectivity index (χ0) is 20.8. The molecule has 6 nitrogen and oxygen atoms in total. The third-order valence-corrected chi connectivity index (χ3v) is 7.57. The van der Waals surface area contributed by atoms with Crippen molar-refractivity contribution >= 4 is 27.3 Å². The van der Waals surface area contributed by atoms with Gasteiger partial charge in [0.05, 0.1) is 17.7 Å². The van der Waals surface area contributed by atoms with E-state index in [-0.39, 0.29) is 22.8 Å². The number of carbonyl (C=O) groups excluding carboxylic acids is 1. The molecule has 2 aromatic rings. The zero-order valence-corrected chi connectivity index (χ0v) is 17.8. The van der Waals surface area contributed by atoms with Gasteiger partial charge in [-0.25, -0.2) is 8.42 Å². The van der Waals surface area contributed by atoms with Gasteiger partial charge in [-0.3, -0.25) is 9.10 Å². The number of amides is 1. The number of methoxy groups -OCH3 is 1. The first-order valence-corrected chi connectivity index (χ1v) is 11.4. The van der Waals surface area contributed by atoms with Crippen LogP contribution in [0.5, 0.6) is 5.75 Å². The maximum absolute atomic E-state index is 13.3. The maximum Gasteiger partial charge on any atom is 0.264 e. The van der Waals surface area contributed by atoms with Gasteiger partial charge >= 0.3 is 0 Å². The highest BCUT2D eigenvalue weighted by Crippen LogP contribution is 2.40. The van der Waals surface area contributed by atoms with Gasteiger partial charge in [-0.05, 0) is 81.1 Å². The number of sulfonamides is 1. The molecule has 154 valence electrons. The first kappa shape index (κ1) is 19.8. The fourth-order valence-electron chi connectivity index (χ4n) is 4.00. The van der Waals surface area contributed by atoms with Crippen LogP contribution in [-0.4, -0.2) is 34.0 Å². The number of ether oxygens (including phenoxy) is 1. The molecule has 0 N–H and O–H groups in total. The molecule has 1 heterocycles. The van der Waals surface area contributed by atoms with Crippen LogP contribution in [0, 0.1) is 5.92 Å². The minimum absolute atomic E-state index is 0.0555. The highest BCUT2D eigenvalue weighted by molar-refractivity contribution is 7.92. The van der Waals surface area contributed by atoms with Crippen LogP contribution < -0.4 is 13.9 Å². The summed E-state index contributed by atoms with van der Waals surface area (Å²) >= 11 is 0. The van der Waals surface area contributed by atoms with Crippen LogP contribution in [0.1, 0.15) is 32.3 Å². The molecule has 7 heteroatoms. The van der Waals surface area contributed by atoms with Crippen molar-refractivity contribution in [3.05, 3.63) is 48.0 Å². The molecular formula is C22H26N2O4S. The van der Waals surface area contributed by atoms with E-state index in [1.807, 2.05) is 18.7 Å². The standard InChI is InChI=1S/C22H26N2O4S/c1-4-23(18-7-9-19(28-3)10-8-18)29(26,27)20-11-12-21-17(14-20)13-15(2)24(21)22(25)16-5-6-16/h7-12,14-16H,4-6,13H2,1-3H3/t15-/m1/s1. The topological polar surface area (TPSA) is 66.9 Å². The zero-order valence-electron chi connectivity index (χ0n) is 17.0. The van der Waals surface area contributed by atoms with Crippen molar-refractivity contribution in [2.75, 3.05) is 22.9 Å². The molecule has 2 aliphatic rings. The monoisotopic (exact) mass is 414 g/mol. The summed E-state index contributed by atoms with van der Waals surface area (Å²) in [7, 11) is -2.14. The number of benzene rings is 2. The summed E-state index contributed by atoms with van der Waals surface area (Å²) in [6.07, 6.45) is 2.58. The molecule has 0 bridgehead atoms. The van der Waals surface area contributed by atoms with Gasteiger partial charge in [0.2, 0.25) is 5.91 Å². The molecule has 1 atom stereocenters. The third kappa shape index (κ3) is 3.48. The highest BCUT2D eigenvalue weighted by Gasteiger charge is 2.40. The molecule has 0 aromatic heterocycles. The molecule has 1 aliphatic carbocycles. The lowest BCUT2D eigenvalue weighted by molar-refractivity contribution is -0.120. The van der Waals surface area contributed by atoms with Crippen molar-refractivity contribution in [1.29, 1.82) is 0 Å². The summed E-state index contributed by atoms with van der Waals surface area (Å²) in [6.45, 7) is 4.14. The number of hydrogen-bond donors (Lipinski definition) is 0. The lowest BCUT2D eigenvalue weighted by Crippen LogP contribution is -2.36. The summed E-state index contributed by atoms with van der Waals surface area (Å²) in [5.74, 6) is 0.979. The fraction of sp³-hybridized carbons (Fsp3) is 0.409. The van der Waals surface area contributed by atoms with E-state index >= 15 is 0 Å². The van der Waals surface area contributed by atoms with Crippen LogP contribution in [-0.2, 0) is 21.2 Å². The fourth-order valence-corrected chi connectivity index (χ4v) is 5.52. The average molecular weight is 415 g/mol. The van der Waals surface area contributed by atoms with E-state index in [9.17, 15) is 13.2 Å². The minimum atomic E-state index is -3.72. The van der Waals surface area contributed by atoms with Gasteiger partial charge in [-0.2, -0.15) is 0 Å². The largest absolute Gasteiger partial charge is 0.497 e. The number of anilines is 2. The van der Waals surface area contributed by atoms with E-state index in [0.29, 0.717) is 24.4 Å². The Kier molecular flexibility index (Phi) is 5.02. The van der Waals surface area contributed by atoms with E-state index in [4.69, 9.17) is 4.74 Å². The molecule has 1 amide bonds. The highest BCUT2D eigenvalue weighted by atomic mass is 32.2. The van der Waals surface area contributed by atoms with Crippen molar-refractivity contribution in [2.24, 2.45) is 5.92 Å². The van der Waals surface area contributed by atoms with Crippen LogP contribution in [0.4, 0.5) is 11.4 Å². The first-order valence-electron chi connectivity index (χ1n) is 9.99. The number of rotatable bonds is 6. The molecule has 4 rings (SSSR count). The van der Waals surface area contributed by atoms with Crippen LogP contribution >= 0.6 is 0 Å². The van der Waals surface area contributed by atoms with Crippen molar-refractivity contribution in [1.82, 2.24) is 0 Å². The molecule has 29 heavy (non-hydrogen) atoms. The Hall–Kier alpha value is -2.54. The molecule has 1 aliphatic heterocycles. The average Bonchev–Trinajstić information content (AvgIpc) is 3.50. The third-order valence-electron chi connectivity index (χ3n) is 5.67. The van der Waals surface area contributed by atoms with E-state index in [1.54, 1.807) is 49.6 Å². The second-order valence-corrected chi connectivity index (χ2v) is 9.56. The number of nitrogens with zero attached hydrogens (tertiary/aromatic N) is 2. The van der Waals surface area contributed by atoms with Gasteiger partial charge in [-0.1, -0.05) is 0 Å². The van der Waals surface area contributed by atoms with E-state index < -0.39 is 10.0 Å². The van der Waals surface area contributed by atoms with Crippen molar-refractivity contribution < 1.29 is 17.9 Å². The molecule has 0 spiro atoms. The van der Waals surface area contributed by atoms with Crippen LogP contribution in [0.3, 0.4) is 0 Å². The number of hydrogen-bond acceptors (Lipinski definition) is 4. The number of carbonyl (C=O) groups is 1. The Balaban J connectivity index is 1.66. The molecular weight excluding hydrogens is 388 g/mol. The van der Waals surface area contributed by atoms with Crippen molar-refractivity contribution in [3.63, 3.8) is 0 Å². The van der Waals surface area contributed by atoms with Crippen molar-refractivity contribution in [3.8, 4) is 5.75 Å². The van der Waals surface area contributed by atoms with E-state index in [2.05, 4.69) is 0 Å². The van der Waals surface area contributed by atoms with Crippen LogP contribution in [0.25, 0.3) is 0 Å². The Morgan fingerprint density at radius 2 is 1.86 bits per heavy atom. The summed E-state index contributed by atoms with van der Waals surface area (Å²) in [5.41, 5.74) is 2.35.